The summed E-state index contributed by atoms with van der Waals surface area (Å²) in [6.45, 7) is 3.83. The molecule has 176 valence electrons. The van der Waals surface area contributed by atoms with Gasteiger partial charge in [-0.2, -0.15) is 0 Å². The highest BCUT2D eigenvalue weighted by Gasteiger charge is 2.18. The number of aryl methyl sites for hydroxylation is 1. The number of hydrogen-bond acceptors (Lipinski definition) is 6. The van der Waals surface area contributed by atoms with Crippen LogP contribution in [0.4, 0.5) is 10.8 Å². The van der Waals surface area contributed by atoms with E-state index in [9.17, 15) is 4.79 Å². The van der Waals surface area contributed by atoms with Crippen LogP contribution in [0, 0.1) is 6.92 Å². The Kier molecular flexibility index (Phi) is 7.67. The number of thiazole rings is 1. The van der Waals surface area contributed by atoms with Crippen molar-refractivity contribution in [2.24, 2.45) is 0 Å². The summed E-state index contributed by atoms with van der Waals surface area (Å²) in [5, 5.41) is 6.45. The van der Waals surface area contributed by atoms with Crippen molar-refractivity contribution in [3.63, 3.8) is 0 Å². The second kappa shape index (κ2) is 10.9. The molecule has 1 N–H and O–H groups in total. The standard InChI is InChI=1S/C26H27ClN4O2S/c1-18-5-4-6-21(15-18)31(26-29-23(17-34-26)19-7-9-20(27)10-8-19)16-22-11-12-24(33-22)25(32)28-13-14-30(2)3/h4-12,15,17H,13-14,16H2,1-3H3,(H,28,32). The molecule has 2 aromatic carbocycles. The zero-order valence-electron chi connectivity index (χ0n) is 19.4. The van der Waals surface area contributed by atoms with Gasteiger partial charge in [0.2, 0.25) is 0 Å². The molecule has 0 unspecified atom stereocenters. The molecule has 0 aliphatic rings. The molecule has 0 spiro atoms. The minimum absolute atomic E-state index is 0.213. The Bertz CT molecular complexity index is 1250. The molecule has 0 fully saturated rings. The van der Waals surface area contributed by atoms with Crippen LogP contribution in [0.25, 0.3) is 11.3 Å². The minimum atomic E-state index is -0.213. The van der Waals surface area contributed by atoms with Gasteiger partial charge in [0.25, 0.3) is 5.91 Å². The molecule has 0 atom stereocenters. The normalized spacial score (nSPS) is 11.1. The molecule has 0 aliphatic heterocycles. The Labute approximate surface area is 208 Å². The number of carbonyl (C=O) groups is 1. The lowest BCUT2D eigenvalue weighted by atomic mass is 10.2. The van der Waals surface area contributed by atoms with Crippen molar-refractivity contribution >= 4 is 39.7 Å². The van der Waals surface area contributed by atoms with Crippen LogP contribution in [0.5, 0.6) is 0 Å². The topological polar surface area (TPSA) is 61.6 Å². The van der Waals surface area contributed by atoms with Crippen molar-refractivity contribution in [3.8, 4) is 11.3 Å². The Morgan fingerprint density at radius 1 is 1.12 bits per heavy atom. The molecule has 1 amide bonds. The van der Waals surface area contributed by atoms with E-state index in [2.05, 4.69) is 29.3 Å². The minimum Gasteiger partial charge on any atom is -0.454 e. The molecule has 0 aliphatic carbocycles. The molecule has 4 aromatic rings. The highest BCUT2D eigenvalue weighted by molar-refractivity contribution is 7.14. The number of furan rings is 1. The second-order valence-corrected chi connectivity index (χ2v) is 9.55. The van der Waals surface area contributed by atoms with E-state index < -0.39 is 0 Å². The average molecular weight is 495 g/mol. The Morgan fingerprint density at radius 3 is 2.65 bits per heavy atom. The molecule has 0 radical (unpaired) electrons. The first-order valence-corrected chi connectivity index (χ1v) is 12.2. The fraction of sp³-hybridized carbons (Fsp3) is 0.231. The van der Waals surface area contributed by atoms with E-state index in [-0.39, 0.29) is 5.91 Å². The molecule has 34 heavy (non-hydrogen) atoms. The first-order valence-electron chi connectivity index (χ1n) is 11.0. The number of rotatable bonds is 9. The highest BCUT2D eigenvalue weighted by Crippen LogP contribution is 2.34. The predicted octanol–water partition coefficient (Wildman–Crippen LogP) is 5.99. The van der Waals surface area contributed by atoms with Gasteiger partial charge in [0.05, 0.1) is 12.2 Å². The van der Waals surface area contributed by atoms with Gasteiger partial charge >= 0.3 is 0 Å². The Morgan fingerprint density at radius 2 is 1.91 bits per heavy atom. The average Bonchev–Trinajstić information content (AvgIpc) is 3.48. The molecule has 0 saturated carbocycles. The summed E-state index contributed by atoms with van der Waals surface area (Å²) < 4.78 is 5.91. The summed E-state index contributed by atoms with van der Waals surface area (Å²) in [4.78, 5) is 21.4. The Balaban J connectivity index is 1.57. The maximum Gasteiger partial charge on any atom is 0.287 e. The van der Waals surface area contributed by atoms with E-state index in [1.165, 1.54) is 0 Å². The lowest BCUT2D eigenvalue weighted by Gasteiger charge is -2.21. The summed E-state index contributed by atoms with van der Waals surface area (Å²) >= 11 is 7.60. The Hall–Kier alpha value is -3.13. The fourth-order valence-corrected chi connectivity index (χ4v) is 4.41. The molecule has 2 aromatic heterocycles. The summed E-state index contributed by atoms with van der Waals surface area (Å²) in [6.07, 6.45) is 0. The molecule has 0 saturated heterocycles. The van der Waals surface area contributed by atoms with Gasteiger partial charge in [-0.3, -0.25) is 4.79 Å². The largest absolute Gasteiger partial charge is 0.454 e. The number of hydrogen-bond donors (Lipinski definition) is 1. The maximum atomic E-state index is 12.4. The molecular weight excluding hydrogens is 468 g/mol. The number of carbonyl (C=O) groups excluding carboxylic acids is 1. The lowest BCUT2D eigenvalue weighted by Crippen LogP contribution is -2.31. The smallest absolute Gasteiger partial charge is 0.287 e. The number of likely N-dealkylation sites (N-methyl/N-ethyl adjacent to an activating group) is 1. The van der Waals surface area contributed by atoms with Crippen molar-refractivity contribution in [3.05, 3.63) is 88.2 Å². The molecule has 4 rings (SSSR count). The quantitative estimate of drug-likeness (QED) is 0.309. The summed E-state index contributed by atoms with van der Waals surface area (Å²) in [6, 6.07) is 19.5. The predicted molar refractivity (Wildman–Crippen MR) is 139 cm³/mol. The number of halogens is 1. The third-order valence-corrected chi connectivity index (χ3v) is 6.34. The van der Waals surface area contributed by atoms with Crippen LogP contribution < -0.4 is 10.2 Å². The van der Waals surface area contributed by atoms with Crippen LogP contribution in [0.1, 0.15) is 21.9 Å². The van der Waals surface area contributed by atoms with Crippen LogP contribution in [-0.2, 0) is 6.54 Å². The van der Waals surface area contributed by atoms with E-state index in [0.29, 0.717) is 29.6 Å². The summed E-state index contributed by atoms with van der Waals surface area (Å²) in [5.41, 5.74) is 4.04. The van der Waals surface area contributed by atoms with Gasteiger partial charge in [-0.25, -0.2) is 4.98 Å². The number of anilines is 2. The van der Waals surface area contributed by atoms with E-state index in [4.69, 9.17) is 21.0 Å². The van der Waals surface area contributed by atoms with Gasteiger partial charge < -0.3 is 19.5 Å². The molecule has 8 heteroatoms. The molecule has 0 bridgehead atoms. The summed E-state index contributed by atoms with van der Waals surface area (Å²) in [5.74, 6) is 0.774. The number of aromatic nitrogens is 1. The molecule has 6 nitrogen and oxygen atoms in total. The van der Waals surface area contributed by atoms with Gasteiger partial charge in [-0.15, -0.1) is 11.3 Å². The number of benzene rings is 2. The van der Waals surface area contributed by atoms with E-state index in [1.54, 1.807) is 17.4 Å². The maximum absolute atomic E-state index is 12.4. The van der Waals surface area contributed by atoms with E-state index >= 15 is 0 Å². The first kappa shape index (κ1) is 24.0. The van der Waals surface area contributed by atoms with Crippen molar-refractivity contribution in [1.82, 2.24) is 15.2 Å². The van der Waals surface area contributed by atoms with Crippen molar-refractivity contribution < 1.29 is 9.21 Å². The second-order valence-electron chi connectivity index (χ2n) is 8.27. The summed E-state index contributed by atoms with van der Waals surface area (Å²) in [7, 11) is 3.93. The van der Waals surface area contributed by atoms with Crippen LogP contribution in [0.15, 0.2) is 70.5 Å². The van der Waals surface area contributed by atoms with Gasteiger partial charge in [-0.05, 0) is 63.0 Å². The number of nitrogens with zero attached hydrogens (tertiary/aromatic N) is 3. The monoisotopic (exact) mass is 494 g/mol. The van der Waals surface area contributed by atoms with Crippen molar-refractivity contribution in [2.75, 3.05) is 32.1 Å². The third kappa shape index (κ3) is 6.05. The fourth-order valence-electron chi connectivity index (χ4n) is 3.43. The highest BCUT2D eigenvalue weighted by atomic mass is 35.5. The molecular formula is C26H27ClN4O2S. The van der Waals surface area contributed by atoms with Crippen LogP contribution in [-0.4, -0.2) is 43.0 Å². The number of amides is 1. The van der Waals surface area contributed by atoms with E-state index in [1.807, 2.05) is 66.8 Å². The van der Waals surface area contributed by atoms with Gasteiger partial charge in [-0.1, -0.05) is 35.9 Å². The van der Waals surface area contributed by atoms with E-state index in [0.717, 1.165) is 34.2 Å². The van der Waals surface area contributed by atoms with Gasteiger partial charge in [0.15, 0.2) is 10.9 Å². The van der Waals surface area contributed by atoms with Gasteiger partial charge in [0.1, 0.15) is 5.76 Å². The van der Waals surface area contributed by atoms with Crippen LogP contribution in [0.3, 0.4) is 0 Å². The first-order chi connectivity index (χ1) is 16.4. The zero-order chi connectivity index (χ0) is 24.1. The zero-order valence-corrected chi connectivity index (χ0v) is 21.0. The van der Waals surface area contributed by atoms with Crippen molar-refractivity contribution in [1.29, 1.82) is 0 Å². The number of nitrogens with one attached hydrogen (secondary N) is 1. The van der Waals surface area contributed by atoms with Crippen molar-refractivity contribution in [2.45, 2.75) is 13.5 Å². The molecule has 2 heterocycles. The van der Waals surface area contributed by atoms with Gasteiger partial charge in [0, 0.05) is 34.7 Å². The van der Waals surface area contributed by atoms with Crippen LogP contribution in [0.2, 0.25) is 5.02 Å². The SMILES string of the molecule is Cc1cccc(N(Cc2ccc(C(=O)NCCN(C)C)o2)c2nc(-c3ccc(Cl)cc3)cs2)c1. The van der Waals surface area contributed by atoms with Crippen LogP contribution >= 0.6 is 22.9 Å². The lowest BCUT2D eigenvalue weighted by molar-refractivity contribution is 0.0921. The third-order valence-electron chi connectivity index (χ3n) is 5.22.